The number of benzene rings is 1. The number of amides is 1. The van der Waals surface area contributed by atoms with E-state index < -0.39 is 17.9 Å². The summed E-state index contributed by atoms with van der Waals surface area (Å²) >= 11 is 7.14. The molecule has 1 atom stereocenters. The molecule has 0 aliphatic heterocycles. The molecule has 9 heteroatoms. The Kier molecular flexibility index (Phi) is 7.71. The van der Waals surface area contributed by atoms with Crippen LogP contribution in [0.2, 0.25) is 4.34 Å². The van der Waals surface area contributed by atoms with Crippen LogP contribution in [0.25, 0.3) is 6.08 Å². The third-order valence-electron chi connectivity index (χ3n) is 3.75. The molecule has 2 rings (SSSR count). The minimum absolute atomic E-state index is 0.249. The fourth-order valence-corrected chi connectivity index (χ4v) is 3.61. The fraction of sp³-hybridized carbons (Fsp3) is 0.263. The van der Waals surface area contributed by atoms with Crippen LogP contribution in [0.4, 0.5) is 0 Å². The van der Waals surface area contributed by atoms with E-state index in [2.05, 4.69) is 5.32 Å². The molecule has 0 spiro atoms. The first-order valence-electron chi connectivity index (χ1n) is 8.13. The van der Waals surface area contributed by atoms with E-state index in [4.69, 9.17) is 30.9 Å². The first-order chi connectivity index (χ1) is 13.4. The van der Waals surface area contributed by atoms with Gasteiger partial charge in [-0.25, -0.2) is 0 Å². The van der Waals surface area contributed by atoms with Crippen LogP contribution >= 0.6 is 22.9 Å². The third kappa shape index (κ3) is 5.64. The highest BCUT2D eigenvalue weighted by atomic mass is 35.5. The van der Waals surface area contributed by atoms with Crippen molar-refractivity contribution in [1.29, 1.82) is 0 Å². The van der Waals surface area contributed by atoms with E-state index in [-0.39, 0.29) is 6.42 Å². The molecular formula is C19H20ClNO6S. The molecule has 2 N–H and O–H groups in total. The lowest BCUT2D eigenvalue weighted by molar-refractivity contribution is -0.137. The van der Waals surface area contributed by atoms with Gasteiger partial charge in [-0.2, -0.15) is 0 Å². The second kappa shape index (κ2) is 10.0. The quantitative estimate of drug-likeness (QED) is 0.594. The molecule has 1 aromatic carbocycles. The van der Waals surface area contributed by atoms with Gasteiger partial charge in [0.05, 0.1) is 38.1 Å². The predicted molar refractivity (Wildman–Crippen MR) is 108 cm³/mol. The Bertz CT molecular complexity index is 854. The summed E-state index contributed by atoms with van der Waals surface area (Å²) in [6.45, 7) is 0. The van der Waals surface area contributed by atoms with Gasteiger partial charge in [-0.3, -0.25) is 9.59 Å². The Morgan fingerprint density at radius 1 is 1.18 bits per heavy atom. The summed E-state index contributed by atoms with van der Waals surface area (Å²) in [5.74, 6) is -0.103. The molecule has 1 heterocycles. The molecule has 1 amide bonds. The Labute approximate surface area is 171 Å². The van der Waals surface area contributed by atoms with Crippen LogP contribution in [0.1, 0.15) is 22.9 Å². The molecule has 0 radical (unpaired) electrons. The van der Waals surface area contributed by atoms with Gasteiger partial charge in [0.1, 0.15) is 0 Å². The number of hydrogen-bond donors (Lipinski definition) is 2. The molecule has 0 aliphatic carbocycles. The van der Waals surface area contributed by atoms with E-state index in [1.165, 1.54) is 38.7 Å². The molecule has 0 bridgehead atoms. The zero-order valence-electron chi connectivity index (χ0n) is 15.5. The summed E-state index contributed by atoms with van der Waals surface area (Å²) in [7, 11) is 4.50. The summed E-state index contributed by atoms with van der Waals surface area (Å²) < 4.78 is 16.3. The van der Waals surface area contributed by atoms with Crippen LogP contribution in [-0.2, 0) is 9.59 Å². The molecule has 150 valence electrons. The highest BCUT2D eigenvalue weighted by Crippen LogP contribution is 2.38. The number of aliphatic carboxylic acids is 1. The molecule has 2 aromatic rings. The molecule has 0 aliphatic rings. The van der Waals surface area contributed by atoms with Crippen LogP contribution < -0.4 is 19.5 Å². The number of thiophene rings is 1. The Hall–Kier alpha value is -2.71. The molecule has 0 saturated heterocycles. The zero-order valence-corrected chi connectivity index (χ0v) is 17.1. The van der Waals surface area contributed by atoms with Gasteiger partial charge in [-0.1, -0.05) is 11.6 Å². The van der Waals surface area contributed by atoms with E-state index in [0.717, 1.165) is 0 Å². The number of nitrogens with one attached hydrogen (secondary N) is 1. The largest absolute Gasteiger partial charge is 0.493 e. The summed E-state index contributed by atoms with van der Waals surface area (Å²) in [6.07, 6.45) is 2.63. The summed E-state index contributed by atoms with van der Waals surface area (Å²) in [5.41, 5.74) is 0.651. The Balaban J connectivity index is 2.18. The molecular weight excluding hydrogens is 406 g/mol. The van der Waals surface area contributed by atoms with Crippen LogP contribution in [0.3, 0.4) is 0 Å². The standard InChI is InChI=1S/C19H20ClNO6S/c1-25-13-8-11(9-14(26-2)19(13)27-3)4-7-17(22)21-12(10-18(23)24)15-5-6-16(20)28-15/h4-9,12H,10H2,1-3H3,(H,21,22)(H,23,24)/b7-4+. The van der Waals surface area contributed by atoms with Crippen LogP contribution in [0, 0.1) is 0 Å². The van der Waals surface area contributed by atoms with Crippen LogP contribution in [0.5, 0.6) is 17.2 Å². The van der Waals surface area contributed by atoms with Crippen molar-refractivity contribution >= 4 is 40.9 Å². The summed E-state index contributed by atoms with van der Waals surface area (Å²) in [5, 5.41) is 11.8. The number of ether oxygens (including phenoxy) is 3. The van der Waals surface area contributed by atoms with Gasteiger partial charge in [-0.15, -0.1) is 11.3 Å². The topological polar surface area (TPSA) is 94.1 Å². The monoisotopic (exact) mass is 425 g/mol. The number of hydrogen-bond acceptors (Lipinski definition) is 6. The van der Waals surface area contributed by atoms with Gasteiger partial charge in [0.25, 0.3) is 0 Å². The van der Waals surface area contributed by atoms with E-state index in [1.807, 2.05) is 0 Å². The maximum absolute atomic E-state index is 12.3. The van der Waals surface area contributed by atoms with Crippen molar-refractivity contribution in [1.82, 2.24) is 5.32 Å². The first kappa shape index (κ1) is 21.6. The minimum Gasteiger partial charge on any atom is -0.493 e. The van der Waals surface area contributed by atoms with E-state index >= 15 is 0 Å². The van der Waals surface area contributed by atoms with Crippen molar-refractivity contribution in [3.8, 4) is 17.2 Å². The van der Waals surface area contributed by atoms with Crippen molar-refractivity contribution in [2.24, 2.45) is 0 Å². The third-order valence-corrected chi connectivity index (χ3v) is 5.09. The van der Waals surface area contributed by atoms with Gasteiger partial charge in [0.2, 0.25) is 11.7 Å². The minimum atomic E-state index is -1.02. The number of halogens is 1. The van der Waals surface area contributed by atoms with Gasteiger partial charge in [0, 0.05) is 11.0 Å². The number of carboxylic acid groups (broad SMARTS) is 1. The van der Waals surface area contributed by atoms with Crippen molar-refractivity contribution in [3.63, 3.8) is 0 Å². The molecule has 28 heavy (non-hydrogen) atoms. The first-order valence-corrected chi connectivity index (χ1v) is 9.33. The number of carboxylic acids is 1. The SMILES string of the molecule is COc1cc(/C=C/C(=O)NC(CC(=O)O)c2ccc(Cl)s2)cc(OC)c1OC. The molecule has 7 nitrogen and oxygen atoms in total. The average molecular weight is 426 g/mol. The van der Waals surface area contributed by atoms with Gasteiger partial charge < -0.3 is 24.6 Å². The van der Waals surface area contributed by atoms with Crippen LogP contribution in [0.15, 0.2) is 30.3 Å². The van der Waals surface area contributed by atoms with Crippen molar-refractivity contribution < 1.29 is 28.9 Å². The maximum Gasteiger partial charge on any atom is 0.305 e. The smallest absolute Gasteiger partial charge is 0.305 e. The summed E-state index contributed by atoms with van der Waals surface area (Å²) in [6, 6.07) is 6.07. The lowest BCUT2D eigenvalue weighted by Gasteiger charge is -2.14. The maximum atomic E-state index is 12.3. The number of carbonyl (C=O) groups excluding carboxylic acids is 1. The second-order valence-electron chi connectivity index (χ2n) is 5.59. The highest BCUT2D eigenvalue weighted by molar-refractivity contribution is 7.16. The van der Waals surface area contributed by atoms with Gasteiger partial charge in [0.15, 0.2) is 11.5 Å². The van der Waals surface area contributed by atoms with Crippen molar-refractivity contribution in [2.75, 3.05) is 21.3 Å². The lowest BCUT2D eigenvalue weighted by Crippen LogP contribution is -2.28. The highest BCUT2D eigenvalue weighted by Gasteiger charge is 2.19. The number of methoxy groups -OCH3 is 3. The summed E-state index contributed by atoms with van der Waals surface area (Å²) in [4.78, 5) is 24.1. The number of carbonyl (C=O) groups is 2. The molecule has 0 fully saturated rings. The lowest BCUT2D eigenvalue weighted by atomic mass is 10.1. The Morgan fingerprint density at radius 2 is 1.82 bits per heavy atom. The normalized spacial score (nSPS) is 11.9. The van der Waals surface area contributed by atoms with Crippen molar-refractivity contribution in [2.45, 2.75) is 12.5 Å². The van der Waals surface area contributed by atoms with Crippen molar-refractivity contribution in [3.05, 3.63) is 45.1 Å². The molecule has 1 aromatic heterocycles. The fourth-order valence-electron chi connectivity index (χ4n) is 2.50. The molecule has 0 saturated carbocycles. The second-order valence-corrected chi connectivity index (χ2v) is 7.34. The van der Waals surface area contributed by atoms with E-state index in [1.54, 1.807) is 30.3 Å². The average Bonchev–Trinajstić information content (AvgIpc) is 3.10. The zero-order chi connectivity index (χ0) is 20.7. The Morgan fingerprint density at radius 3 is 2.29 bits per heavy atom. The van der Waals surface area contributed by atoms with Gasteiger partial charge in [-0.05, 0) is 35.9 Å². The van der Waals surface area contributed by atoms with E-state index in [9.17, 15) is 9.59 Å². The van der Waals surface area contributed by atoms with E-state index in [0.29, 0.717) is 32.0 Å². The number of rotatable bonds is 9. The van der Waals surface area contributed by atoms with Gasteiger partial charge >= 0.3 is 5.97 Å². The van der Waals surface area contributed by atoms with Crippen LogP contribution in [-0.4, -0.2) is 38.3 Å². The molecule has 1 unspecified atom stereocenters. The predicted octanol–water partition coefficient (Wildman–Crippen LogP) is 3.77.